The minimum Gasteiger partial charge on any atom is -0.358 e. The molecule has 17 heavy (non-hydrogen) atoms. The molecule has 0 radical (unpaired) electrons. The molecule has 90 valence electrons. The first-order valence-electron chi connectivity index (χ1n) is 5.60. The van der Waals surface area contributed by atoms with E-state index < -0.39 is 0 Å². The number of hydrazine groups is 1. The lowest BCUT2D eigenvalue weighted by atomic mass is 10.0. The van der Waals surface area contributed by atoms with E-state index in [1.54, 1.807) is 0 Å². The van der Waals surface area contributed by atoms with Crippen LogP contribution in [0.15, 0.2) is 12.1 Å². The summed E-state index contributed by atoms with van der Waals surface area (Å²) in [5.41, 5.74) is 7.72. The van der Waals surface area contributed by atoms with Crippen molar-refractivity contribution < 1.29 is 4.79 Å². The number of hydrogen-bond donors (Lipinski definition) is 3. The first-order chi connectivity index (χ1) is 8.02. The smallest absolute Gasteiger partial charge is 0.238 e. The number of fused-ring (bicyclic) bond motifs is 1. The van der Waals surface area contributed by atoms with Crippen molar-refractivity contribution in [2.75, 3.05) is 0 Å². The average Bonchev–Trinajstić information content (AvgIpc) is 2.57. The minimum atomic E-state index is -0.173. The number of aromatic nitrogens is 1. The fourth-order valence-corrected chi connectivity index (χ4v) is 2.28. The number of rotatable bonds is 2. The average molecular weight is 231 g/mol. The van der Waals surface area contributed by atoms with Gasteiger partial charge >= 0.3 is 0 Å². The Morgan fingerprint density at radius 3 is 2.71 bits per heavy atom. The molecule has 1 aromatic heterocycles. The van der Waals surface area contributed by atoms with Crippen LogP contribution < -0.4 is 11.3 Å². The molecule has 0 saturated heterocycles. The fourth-order valence-electron chi connectivity index (χ4n) is 2.28. The molecule has 2 aromatic rings. The Labute approximate surface area is 100 Å². The largest absolute Gasteiger partial charge is 0.358 e. The molecule has 0 atom stereocenters. The predicted molar refractivity (Wildman–Crippen MR) is 68.5 cm³/mol. The maximum absolute atomic E-state index is 11.4. The van der Waals surface area contributed by atoms with Crippen LogP contribution in [0.25, 0.3) is 10.9 Å². The molecule has 4 N–H and O–H groups in total. The highest BCUT2D eigenvalue weighted by molar-refractivity contribution is 5.92. The van der Waals surface area contributed by atoms with Gasteiger partial charge in [0, 0.05) is 16.6 Å². The van der Waals surface area contributed by atoms with Crippen LogP contribution in [0.2, 0.25) is 0 Å². The number of benzene rings is 1. The number of hydrogen-bond acceptors (Lipinski definition) is 2. The lowest BCUT2D eigenvalue weighted by Gasteiger charge is -2.02. The third kappa shape index (κ3) is 2.03. The Kier molecular flexibility index (Phi) is 2.90. The van der Waals surface area contributed by atoms with Crippen molar-refractivity contribution in [3.05, 3.63) is 34.5 Å². The first kappa shape index (κ1) is 11.7. The van der Waals surface area contributed by atoms with E-state index in [4.69, 9.17) is 5.84 Å². The maximum atomic E-state index is 11.4. The summed E-state index contributed by atoms with van der Waals surface area (Å²) < 4.78 is 0. The molecule has 1 aromatic carbocycles. The topological polar surface area (TPSA) is 70.9 Å². The number of nitrogens with two attached hydrogens (primary N) is 1. The van der Waals surface area contributed by atoms with Gasteiger partial charge in [0.1, 0.15) is 0 Å². The summed E-state index contributed by atoms with van der Waals surface area (Å²) in [6.45, 7) is 6.10. The molecular weight excluding hydrogens is 214 g/mol. The molecule has 1 heterocycles. The van der Waals surface area contributed by atoms with Crippen molar-refractivity contribution in [3.8, 4) is 0 Å². The van der Waals surface area contributed by atoms with Gasteiger partial charge in [0.2, 0.25) is 5.91 Å². The summed E-state index contributed by atoms with van der Waals surface area (Å²) in [6.07, 6.45) is 0.311. The van der Waals surface area contributed by atoms with Gasteiger partial charge in [-0.1, -0.05) is 11.6 Å². The van der Waals surface area contributed by atoms with Crippen molar-refractivity contribution in [3.63, 3.8) is 0 Å². The molecule has 0 unspecified atom stereocenters. The van der Waals surface area contributed by atoms with Crippen molar-refractivity contribution in [2.45, 2.75) is 27.2 Å². The third-order valence-corrected chi connectivity index (χ3v) is 3.07. The molecule has 0 saturated carbocycles. The Balaban J connectivity index is 2.62. The van der Waals surface area contributed by atoms with Crippen molar-refractivity contribution in [1.82, 2.24) is 10.4 Å². The molecule has 0 aliphatic carbocycles. The van der Waals surface area contributed by atoms with E-state index in [0.717, 1.165) is 22.2 Å². The van der Waals surface area contributed by atoms with Gasteiger partial charge in [0.05, 0.1) is 6.42 Å². The van der Waals surface area contributed by atoms with Gasteiger partial charge in [-0.05, 0) is 38.0 Å². The monoisotopic (exact) mass is 231 g/mol. The Morgan fingerprint density at radius 2 is 2.06 bits per heavy atom. The van der Waals surface area contributed by atoms with Gasteiger partial charge in [-0.2, -0.15) is 0 Å². The van der Waals surface area contributed by atoms with E-state index in [-0.39, 0.29) is 5.91 Å². The highest BCUT2D eigenvalue weighted by Crippen LogP contribution is 2.26. The van der Waals surface area contributed by atoms with Crippen molar-refractivity contribution >= 4 is 16.8 Å². The van der Waals surface area contributed by atoms with Crippen LogP contribution in [-0.2, 0) is 11.2 Å². The van der Waals surface area contributed by atoms with Gasteiger partial charge in [-0.15, -0.1) is 0 Å². The van der Waals surface area contributed by atoms with Gasteiger partial charge in [0.25, 0.3) is 0 Å². The number of amides is 1. The van der Waals surface area contributed by atoms with Gasteiger partial charge in [-0.3, -0.25) is 10.2 Å². The van der Waals surface area contributed by atoms with Crippen LogP contribution in [0.4, 0.5) is 0 Å². The van der Waals surface area contributed by atoms with Crippen LogP contribution in [0, 0.1) is 20.8 Å². The highest BCUT2D eigenvalue weighted by Gasteiger charge is 2.13. The summed E-state index contributed by atoms with van der Waals surface area (Å²) in [6, 6.07) is 4.23. The lowest BCUT2D eigenvalue weighted by Crippen LogP contribution is -2.31. The molecule has 4 nitrogen and oxygen atoms in total. The van der Waals surface area contributed by atoms with Crippen LogP contribution >= 0.6 is 0 Å². The van der Waals surface area contributed by atoms with Crippen LogP contribution in [0.5, 0.6) is 0 Å². The second-order valence-electron chi connectivity index (χ2n) is 4.48. The fraction of sp³-hybridized carbons (Fsp3) is 0.308. The third-order valence-electron chi connectivity index (χ3n) is 3.07. The summed E-state index contributed by atoms with van der Waals surface area (Å²) >= 11 is 0. The number of aromatic amines is 1. The number of carbonyl (C=O) groups excluding carboxylic acids is 1. The summed E-state index contributed by atoms with van der Waals surface area (Å²) in [4.78, 5) is 14.7. The Hall–Kier alpha value is -1.81. The van der Waals surface area contributed by atoms with E-state index >= 15 is 0 Å². The van der Waals surface area contributed by atoms with E-state index in [9.17, 15) is 4.79 Å². The first-order valence-corrected chi connectivity index (χ1v) is 5.60. The molecule has 0 bridgehead atoms. The maximum Gasteiger partial charge on any atom is 0.238 e. The van der Waals surface area contributed by atoms with E-state index in [1.165, 1.54) is 11.1 Å². The van der Waals surface area contributed by atoms with E-state index in [2.05, 4.69) is 36.4 Å². The molecule has 0 aliphatic rings. The van der Waals surface area contributed by atoms with Gasteiger partial charge in [0.15, 0.2) is 0 Å². The highest BCUT2D eigenvalue weighted by atomic mass is 16.2. The van der Waals surface area contributed by atoms with Gasteiger partial charge < -0.3 is 4.98 Å². The number of aryl methyl sites for hydroxylation is 3. The molecular formula is C13H17N3O. The van der Waals surface area contributed by atoms with Crippen LogP contribution in [0.3, 0.4) is 0 Å². The Morgan fingerprint density at radius 1 is 1.35 bits per heavy atom. The number of H-pyrrole nitrogens is 1. The minimum absolute atomic E-state index is 0.173. The SMILES string of the molecule is Cc1cc(C)c2[nH]c(C)c(CC(=O)NN)c2c1. The van der Waals surface area contributed by atoms with E-state index in [0.29, 0.717) is 6.42 Å². The molecule has 4 heteroatoms. The quantitative estimate of drug-likeness (QED) is 0.417. The zero-order chi connectivity index (χ0) is 12.6. The van der Waals surface area contributed by atoms with Crippen LogP contribution in [-0.4, -0.2) is 10.9 Å². The number of nitrogens with one attached hydrogen (secondary N) is 2. The van der Waals surface area contributed by atoms with E-state index in [1.807, 2.05) is 6.92 Å². The van der Waals surface area contributed by atoms with Crippen molar-refractivity contribution in [1.29, 1.82) is 0 Å². The van der Waals surface area contributed by atoms with Crippen molar-refractivity contribution in [2.24, 2.45) is 5.84 Å². The number of carbonyl (C=O) groups is 1. The summed E-state index contributed by atoms with van der Waals surface area (Å²) in [5, 5.41) is 1.11. The van der Waals surface area contributed by atoms with Crippen LogP contribution in [0.1, 0.15) is 22.4 Å². The molecule has 0 spiro atoms. The zero-order valence-electron chi connectivity index (χ0n) is 10.3. The second-order valence-corrected chi connectivity index (χ2v) is 4.48. The predicted octanol–water partition coefficient (Wildman–Crippen LogP) is 1.63. The molecule has 2 rings (SSSR count). The lowest BCUT2D eigenvalue weighted by molar-refractivity contribution is -0.120. The normalized spacial score (nSPS) is 10.8. The van der Waals surface area contributed by atoms with Gasteiger partial charge in [-0.25, -0.2) is 5.84 Å². The molecule has 0 fully saturated rings. The molecule has 1 amide bonds. The second kappa shape index (κ2) is 4.22. The summed E-state index contributed by atoms with van der Waals surface area (Å²) in [5.74, 6) is 4.96. The Bertz CT molecular complexity index is 584. The molecule has 0 aliphatic heterocycles. The summed E-state index contributed by atoms with van der Waals surface area (Å²) in [7, 11) is 0. The standard InChI is InChI=1S/C13H17N3O/c1-7-4-8(2)13-11(5-7)10(9(3)15-13)6-12(17)16-14/h4-5,15H,6,14H2,1-3H3,(H,16,17). The zero-order valence-corrected chi connectivity index (χ0v) is 10.3.